The summed E-state index contributed by atoms with van der Waals surface area (Å²) in [6.45, 7) is 0.512. The Kier molecular flexibility index (Phi) is 4.63. The molecule has 0 unspecified atom stereocenters. The average molecular weight is 196 g/mol. The zero-order chi connectivity index (χ0) is 9.52. The molecular formula is C10H16N2S. The van der Waals surface area contributed by atoms with Crippen LogP contribution in [0.25, 0.3) is 0 Å². The van der Waals surface area contributed by atoms with Crippen LogP contribution in [0.5, 0.6) is 0 Å². The lowest BCUT2D eigenvalue weighted by Crippen LogP contribution is -2.42. The molecule has 0 aliphatic heterocycles. The Morgan fingerprint density at radius 1 is 1.38 bits per heavy atom. The predicted molar refractivity (Wildman–Crippen MR) is 59.4 cm³/mol. The van der Waals surface area contributed by atoms with Gasteiger partial charge in [-0.15, -0.1) is 6.42 Å². The van der Waals surface area contributed by atoms with Gasteiger partial charge in [0.1, 0.15) is 0 Å². The Balaban J connectivity index is 2.15. The van der Waals surface area contributed by atoms with Gasteiger partial charge in [0, 0.05) is 6.04 Å². The van der Waals surface area contributed by atoms with E-state index in [1.165, 1.54) is 32.1 Å². The number of hydrogen-bond acceptors (Lipinski definition) is 1. The second kappa shape index (κ2) is 5.82. The highest BCUT2D eigenvalue weighted by Crippen LogP contribution is 2.16. The molecule has 0 aromatic heterocycles. The van der Waals surface area contributed by atoms with Crippen LogP contribution in [0, 0.1) is 12.3 Å². The third-order valence-electron chi connectivity index (χ3n) is 2.29. The fraction of sp³-hybridized carbons (Fsp3) is 0.700. The molecule has 0 aromatic carbocycles. The van der Waals surface area contributed by atoms with Gasteiger partial charge in [0.2, 0.25) is 0 Å². The lowest BCUT2D eigenvalue weighted by Gasteiger charge is -2.24. The molecule has 72 valence electrons. The monoisotopic (exact) mass is 196 g/mol. The van der Waals surface area contributed by atoms with E-state index in [0.29, 0.717) is 17.7 Å². The van der Waals surface area contributed by atoms with Crippen LogP contribution in [0.15, 0.2) is 0 Å². The summed E-state index contributed by atoms with van der Waals surface area (Å²) in [5.74, 6) is 2.50. The van der Waals surface area contributed by atoms with E-state index in [9.17, 15) is 0 Å². The largest absolute Gasteiger partial charge is 0.360 e. The van der Waals surface area contributed by atoms with Crippen LogP contribution in [0.3, 0.4) is 0 Å². The van der Waals surface area contributed by atoms with Crippen molar-refractivity contribution >= 4 is 17.3 Å². The third kappa shape index (κ3) is 4.14. The highest BCUT2D eigenvalue weighted by Gasteiger charge is 2.13. The van der Waals surface area contributed by atoms with Gasteiger partial charge in [-0.05, 0) is 25.1 Å². The van der Waals surface area contributed by atoms with E-state index >= 15 is 0 Å². The summed E-state index contributed by atoms with van der Waals surface area (Å²) in [4.78, 5) is 0. The number of rotatable bonds is 2. The van der Waals surface area contributed by atoms with E-state index < -0.39 is 0 Å². The van der Waals surface area contributed by atoms with Gasteiger partial charge in [-0.2, -0.15) is 0 Å². The lowest BCUT2D eigenvalue weighted by atomic mass is 9.96. The van der Waals surface area contributed by atoms with Crippen LogP contribution in [0.4, 0.5) is 0 Å². The molecule has 1 fully saturated rings. The van der Waals surface area contributed by atoms with Gasteiger partial charge in [0.25, 0.3) is 0 Å². The standard InChI is InChI=1S/C10H16N2S/c1-2-8-11-10(13)12-9-6-4-3-5-7-9/h1,9H,3-8H2,(H2,11,12,13). The van der Waals surface area contributed by atoms with Gasteiger partial charge in [-0.25, -0.2) is 0 Å². The van der Waals surface area contributed by atoms with E-state index in [1.807, 2.05) is 0 Å². The van der Waals surface area contributed by atoms with Crippen LogP contribution < -0.4 is 10.6 Å². The van der Waals surface area contributed by atoms with Gasteiger partial charge < -0.3 is 10.6 Å². The second-order valence-electron chi connectivity index (χ2n) is 3.37. The third-order valence-corrected chi connectivity index (χ3v) is 2.55. The van der Waals surface area contributed by atoms with Crippen molar-refractivity contribution in [2.45, 2.75) is 38.1 Å². The van der Waals surface area contributed by atoms with E-state index in [4.69, 9.17) is 18.6 Å². The normalized spacial score (nSPS) is 17.5. The summed E-state index contributed by atoms with van der Waals surface area (Å²) in [5.41, 5.74) is 0. The van der Waals surface area contributed by atoms with Gasteiger partial charge in [0.05, 0.1) is 6.54 Å². The Hall–Kier alpha value is -0.750. The molecule has 0 saturated heterocycles. The molecule has 3 heteroatoms. The minimum Gasteiger partial charge on any atom is -0.360 e. The van der Waals surface area contributed by atoms with Crippen LogP contribution in [0.1, 0.15) is 32.1 Å². The molecule has 0 heterocycles. The van der Waals surface area contributed by atoms with E-state index in [2.05, 4.69) is 16.6 Å². The molecule has 2 N–H and O–H groups in total. The molecule has 13 heavy (non-hydrogen) atoms. The summed E-state index contributed by atoms with van der Waals surface area (Å²) in [5, 5.41) is 6.94. The Labute approximate surface area is 85.5 Å². The first-order valence-electron chi connectivity index (χ1n) is 4.81. The number of terminal acetylenes is 1. The van der Waals surface area contributed by atoms with Crippen LogP contribution in [-0.4, -0.2) is 17.7 Å². The molecule has 0 bridgehead atoms. The molecule has 1 aliphatic carbocycles. The highest BCUT2D eigenvalue weighted by atomic mass is 32.1. The Morgan fingerprint density at radius 2 is 2.08 bits per heavy atom. The predicted octanol–water partition coefficient (Wildman–Crippen LogP) is 1.42. The molecule has 0 amide bonds. The Bertz CT molecular complexity index is 201. The summed E-state index contributed by atoms with van der Waals surface area (Å²) >= 11 is 5.08. The molecule has 2 nitrogen and oxygen atoms in total. The first-order chi connectivity index (χ1) is 6.33. The van der Waals surface area contributed by atoms with Crippen molar-refractivity contribution < 1.29 is 0 Å². The van der Waals surface area contributed by atoms with Crippen molar-refractivity contribution in [3.05, 3.63) is 0 Å². The van der Waals surface area contributed by atoms with Crippen LogP contribution in [0.2, 0.25) is 0 Å². The van der Waals surface area contributed by atoms with Crippen molar-refractivity contribution in [3.8, 4) is 12.3 Å². The molecule has 1 saturated carbocycles. The molecule has 0 aromatic rings. The number of thiocarbonyl (C=S) groups is 1. The lowest BCUT2D eigenvalue weighted by molar-refractivity contribution is 0.412. The van der Waals surface area contributed by atoms with E-state index in [1.54, 1.807) is 0 Å². The zero-order valence-electron chi connectivity index (χ0n) is 7.81. The second-order valence-corrected chi connectivity index (χ2v) is 3.77. The van der Waals surface area contributed by atoms with Crippen molar-refractivity contribution in [3.63, 3.8) is 0 Å². The minimum absolute atomic E-state index is 0.512. The first-order valence-corrected chi connectivity index (χ1v) is 5.21. The molecule has 0 radical (unpaired) electrons. The van der Waals surface area contributed by atoms with Gasteiger partial charge in [-0.1, -0.05) is 25.2 Å². The molecule has 0 spiro atoms. The molecule has 1 rings (SSSR count). The fourth-order valence-electron chi connectivity index (χ4n) is 1.61. The van der Waals surface area contributed by atoms with E-state index in [0.717, 1.165) is 0 Å². The SMILES string of the molecule is C#CCNC(=S)NC1CCCCC1. The maximum absolute atomic E-state index is 5.11. The fourth-order valence-corrected chi connectivity index (χ4v) is 1.85. The minimum atomic E-state index is 0.512. The molecule has 0 atom stereocenters. The van der Waals surface area contributed by atoms with Crippen molar-refractivity contribution in [2.75, 3.05) is 6.54 Å². The summed E-state index contributed by atoms with van der Waals surface area (Å²) in [6, 6.07) is 0.562. The van der Waals surface area contributed by atoms with Gasteiger partial charge in [-0.3, -0.25) is 0 Å². The molecular weight excluding hydrogens is 180 g/mol. The Morgan fingerprint density at radius 3 is 2.69 bits per heavy atom. The van der Waals surface area contributed by atoms with Gasteiger partial charge in [0.15, 0.2) is 5.11 Å². The molecule has 1 aliphatic rings. The summed E-state index contributed by atoms with van der Waals surface area (Å²) < 4.78 is 0. The topological polar surface area (TPSA) is 24.1 Å². The average Bonchev–Trinajstić information content (AvgIpc) is 2.16. The highest BCUT2D eigenvalue weighted by molar-refractivity contribution is 7.80. The van der Waals surface area contributed by atoms with Crippen molar-refractivity contribution in [1.29, 1.82) is 0 Å². The van der Waals surface area contributed by atoms with Crippen LogP contribution in [-0.2, 0) is 0 Å². The maximum atomic E-state index is 5.11. The van der Waals surface area contributed by atoms with Crippen LogP contribution >= 0.6 is 12.2 Å². The van der Waals surface area contributed by atoms with E-state index in [-0.39, 0.29) is 0 Å². The maximum Gasteiger partial charge on any atom is 0.167 e. The quantitative estimate of drug-likeness (QED) is 0.516. The first kappa shape index (κ1) is 10.3. The number of nitrogens with one attached hydrogen (secondary N) is 2. The summed E-state index contributed by atoms with van der Waals surface area (Å²) in [6.07, 6.45) is 11.6. The van der Waals surface area contributed by atoms with Gasteiger partial charge >= 0.3 is 0 Å². The summed E-state index contributed by atoms with van der Waals surface area (Å²) in [7, 11) is 0. The van der Waals surface area contributed by atoms with Crippen molar-refractivity contribution in [1.82, 2.24) is 10.6 Å². The zero-order valence-corrected chi connectivity index (χ0v) is 8.62. The number of hydrogen-bond donors (Lipinski definition) is 2. The van der Waals surface area contributed by atoms with Crippen molar-refractivity contribution in [2.24, 2.45) is 0 Å². The smallest absolute Gasteiger partial charge is 0.167 e.